The van der Waals surface area contributed by atoms with E-state index in [-0.39, 0.29) is 23.6 Å². The molecule has 4 saturated carbocycles. The molecule has 0 saturated heterocycles. The van der Waals surface area contributed by atoms with E-state index >= 15 is 0 Å². The van der Waals surface area contributed by atoms with Crippen LogP contribution in [0, 0.1) is 46.3 Å². The van der Waals surface area contributed by atoms with Gasteiger partial charge in [-0.25, -0.2) is 0 Å². The molecule has 0 amide bonds. The summed E-state index contributed by atoms with van der Waals surface area (Å²) in [7, 11) is 1.46. The molecule has 4 heteroatoms. The van der Waals surface area contributed by atoms with Gasteiger partial charge in [-0.1, -0.05) is 20.8 Å². The highest BCUT2D eigenvalue weighted by Gasteiger charge is 2.63. The first-order valence-corrected chi connectivity index (χ1v) is 12.1. The Morgan fingerprint density at radius 2 is 1.83 bits per heavy atom. The minimum absolute atomic E-state index is 0.0198. The molecule has 0 radical (unpaired) electrons. The third kappa shape index (κ3) is 3.37. The number of aliphatic hydroxyl groups is 2. The van der Waals surface area contributed by atoms with Crippen molar-refractivity contribution in [2.24, 2.45) is 46.3 Å². The largest absolute Gasteiger partial charge is 0.469 e. The van der Waals surface area contributed by atoms with E-state index in [9.17, 15) is 15.0 Å². The lowest BCUT2D eigenvalue weighted by Gasteiger charge is -2.62. The lowest BCUT2D eigenvalue weighted by atomic mass is 9.43. The Kier molecular flexibility index (Phi) is 5.83. The van der Waals surface area contributed by atoms with Crippen LogP contribution in [-0.2, 0) is 9.53 Å². The molecular formula is C25H42O4. The molecule has 4 nitrogen and oxygen atoms in total. The van der Waals surface area contributed by atoms with Crippen molar-refractivity contribution in [1.82, 2.24) is 0 Å². The van der Waals surface area contributed by atoms with Crippen molar-refractivity contribution in [3.8, 4) is 0 Å². The zero-order chi connectivity index (χ0) is 21.0. The van der Waals surface area contributed by atoms with E-state index in [1.54, 1.807) is 0 Å². The SMILES string of the molecule is COC(=O)CC[C@@H](C)[C@@H]1CC[C@H]2[C@H]3CC[C@H]4C[C@@H](O)CC[C@]4(C)[C@@H]3C[C@@H](O)[C@@]21C. The molecule has 4 rings (SSSR count). The zero-order valence-corrected chi connectivity index (χ0v) is 18.9. The van der Waals surface area contributed by atoms with Crippen LogP contribution in [0.2, 0.25) is 0 Å². The number of esters is 1. The van der Waals surface area contributed by atoms with Gasteiger partial charge >= 0.3 is 5.97 Å². The monoisotopic (exact) mass is 406 g/mol. The van der Waals surface area contributed by atoms with Crippen molar-refractivity contribution in [3.05, 3.63) is 0 Å². The number of carbonyl (C=O) groups excluding carboxylic acids is 1. The molecule has 0 aliphatic heterocycles. The minimum atomic E-state index is -0.246. The van der Waals surface area contributed by atoms with E-state index in [0.717, 1.165) is 38.0 Å². The van der Waals surface area contributed by atoms with E-state index in [0.29, 0.717) is 41.4 Å². The van der Waals surface area contributed by atoms with Crippen LogP contribution in [0.1, 0.15) is 85.0 Å². The molecule has 4 fully saturated rings. The van der Waals surface area contributed by atoms with Crippen LogP contribution in [0.15, 0.2) is 0 Å². The van der Waals surface area contributed by atoms with E-state index in [1.807, 2.05) is 0 Å². The molecule has 0 aromatic rings. The standard InChI is InChI=1S/C25H42O4/c1-15(5-10-23(28)29-4)19-8-9-20-18-7-6-16-13-17(26)11-12-24(16,2)21(18)14-22(27)25(19,20)3/h15-22,26-27H,5-14H2,1-4H3/t15-,16+,17+,18-,19+,20+,21-,22-,24+,25-/m1/s1. The zero-order valence-electron chi connectivity index (χ0n) is 18.9. The predicted molar refractivity (Wildman–Crippen MR) is 113 cm³/mol. The topological polar surface area (TPSA) is 66.8 Å². The van der Waals surface area contributed by atoms with Gasteiger partial charge in [0.2, 0.25) is 0 Å². The number of aliphatic hydroxyl groups excluding tert-OH is 2. The van der Waals surface area contributed by atoms with Crippen molar-refractivity contribution in [2.45, 2.75) is 97.2 Å². The van der Waals surface area contributed by atoms with Crippen LogP contribution in [0.4, 0.5) is 0 Å². The summed E-state index contributed by atoms with van der Waals surface area (Å²) in [6.45, 7) is 7.12. The first-order valence-electron chi connectivity index (χ1n) is 12.1. The van der Waals surface area contributed by atoms with Crippen molar-refractivity contribution in [3.63, 3.8) is 0 Å². The average molecular weight is 407 g/mol. The van der Waals surface area contributed by atoms with Gasteiger partial charge in [-0.3, -0.25) is 4.79 Å². The van der Waals surface area contributed by atoms with Gasteiger partial charge in [0.15, 0.2) is 0 Å². The molecule has 0 aromatic carbocycles. The Morgan fingerprint density at radius 3 is 2.55 bits per heavy atom. The average Bonchev–Trinajstić information content (AvgIpc) is 3.06. The minimum Gasteiger partial charge on any atom is -0.469 e. The molecule has 4 aliphatic rings. The molecule has 4 aliphatic carbocycles. The van der Waals surface area contributed by atoms with Crippen LogP contribution in [0.5, 0.6) is 0 Å². The van der Waals surface area contributed by atoms with Crippen LogP contribution >= 0.6 is 0 Å². The molecule has 29 heavy (non-hydrogen) atoms. The Labute approximate surface area is 176 Å². The van der Waals surface area contributed by atoms with Crippen LogP contribution in [-0.4, -0.2) is 35.5 Å². The summed E-state index contributed by atoms with van der Waals surface area (Å²) in [5.74, 6) is 3.36. The second kappa shape index (κ2) is 7.82. The number of hydrogen-bond donors (Lipinski definition) is 2. The summed E-state index contributed by atoms with van der Waals surface area (Å²) in [5.41, 5.74) is 0.271. The maximum absolute atomic E-state index is 11.6. The number of methoxy groups -OCH3 is 1. The predicted octanol–water partition coefficient (Wildman–Crippen LogP) is 4.57. The fraction of sp³-hybridized carbons (Fsp3) is 0.960. The summed E-state index contributed by atoms with van der Waals surface area (Å²) in [5, 5.41) is 21.8. The molecule has 0 bridgehead atoms. The Bertz CT molecular complexity index is 620. The van der Waals surface area contributed by atoms with Crippen molar-refractivity contribution >= 4 is 5.97 Å². The molecule has 0 heterocycles. The summed E-state index contributed by atoms with van der Waals surface area (Å²) in [6.07, 6.45) is 9.86. The Balaban J connectivity index is 1.53. The van der Waals surface area contributed by atoms with Crippen LogP contribution in [0.3, 0.4) is 0 Å². The van der Waals surface area contributed by atoms with Gasteiger partial charge in [0, 0.05) is 6.42 Å². The summed E-state index contributed by atoms with van der Waals surface area (Å²) in [6, 6.07) is 0. The van der Waals surface area contributed by atoms with Gasteiger partial charge in [-0.15, -0.1) is 0 Å². The molecule has 0 spiro atoms. The maximum atomic E-state index is 11.6. The highest BCUT2D eigenvalue weighted by Crippen LogP contribution is 2.68. The summed E-state index contributed by atoms with van der Waals surface area (Å²) < 4.78 is 4.85. The Morgan fingerprint density at radius 1 is 1.07 bits per heavy atom. The first-order chi connectivity index (χ1) is 13.7. The van der Waals surface area contributed by atoms with Gasteiger partial charge in [0.25, 0.3) is 0 Å². The summed E-state index contributed by atoms with van der Waals surface area (Å²) >= 11 is 0. The van der Waals surface area contributed by atoms with E-state index in [2.05, 4.69) is 20.8 Å². The lowest BCUT2D eigenvalue weighted by molar-refractivity contribution is -0.175. The van der Waals surface area contributed by atoms with Crippen LogP contribution < -0.4 is 0 Å². The molecule has 166 valence electrons. The Hall–Kier alpha value is -0.610. The molecule has 0 unspecified atom stereocenters. The fourth-order valence-corrected chi connectivity index (χ4v) is 8.81. The number of fused-ring (bicyclic) bond motifs is 5. The highest BCUT2D eigenvalue weighted by atomic mass is 16.5. The van der Waals surface area contributed by atoms with E-state index in [4.69, 9.17) is 4.74 Å². The third-order valence-corrected chi connectivity index (χ3v) is 10.5. The number of rotatable bonds is 4. The van der Waals surface area contributed by atoms with Gasteiger partial charge in [0.05, 0.1) is 19.3 Å². The highest BCUT2D eigenvalue weighted by molar-refractivity contribution is 5.69. The van der Waals surface area contributed by atoms with Crippen molar-refractivity contribution < 1.29 is 19.7 Å². The summed E-state index contributed by atoms with van der Waals surface area (Å²) in [4.78, 5) is 11.6. The van der Waals surface area contributed by atoms with Gasteiger partial charge < -0.3 is 14.9 Å². The quantitative estimate of drug-likeness (QED) is 0.671. The van der Waals surface area contributed by atoms with E-state index in [1.165, 1.54) is 32.8 Å². The fourth-order valence-electron chi connectivity index (χ4n) is 8.81. The maximum Gasteiger partial charge on any atom is 0.305 e. The number of hydrogen-bond acceptors (Lipinski definition) is 4. The van der Waals surface area contributed by atoms with Crippen molar-refractivity contribution in [1.29, 1.82) is 0 Å². The lowest BCUT2D eigenvalue weighted by Crippen LogP contribution is -2.58. The smallest absolute Gasteiger partial charge is 0.305 e. The second-order valence-corrected chi connectivity index (χ2v) is 11.5. The van der Waals surface area contributed by atoms with Gasteiger partial charge in [-0.2, -0.15) is 0 Å². The third-order valence-electron chi connectivity index (χ3n) is 10.5. The van der Waals surface area contributed by atoms with Gasteiger partial charge in [0.1, 0.15) is 0 Å². The molecule has 10 atom stereocenters. The van der Waals surface area contributed by atoms with Crippen molar-refractivity contribution in [2.75, 3.05) is 7.11 Å². The number of ether oxygens (including phenoxy) is 1. The number of carbonyl (C=O) groups is 1. The van der Waals surface area contributed by atoms with Gasteiger partial charge in [-0.05, 0) is 104 Å². The first kappa shape index (κ1) is 21.6. The normalized spacial score (nSPS) is 50.2. The molecule has 2 N–H and O–H groups in total. The van der Waals surface area contributed by atoms with E-state index < -0.39 is 0 Å². The second-order valence-electron chi connectivity index (χ2n) is 11.5. The van der Waals surface area contributed by atoms with Crippen LogP contribution in [0.25, 0.3) is 0 Å². The molecular weight excluding hydrogens is 364 g/mol. The molecule has 0 aromatic heterocycles.